The molecule has 2 aromatic rings. The number of rotatable bonds is 4. The van der Waals surface area contributed by atoms with E-state index in [-0.39, 0.29) is 5.76 Å². The van der Waals surface area contributed by atoms with Crippen molar-refractivity contribution in [3.05, 3.63) is 52.4 Å². The summed E-state index contributed by atoms with van der Waals surface area (Å²) in [6.45, 7) is 2.09. The van der Waals surface area contributed by atoms with Crippen molar-refractivity contribution in [3.8, 4) is 0 Å². The Morgan fingerprint density at radius 2 is 2.17 bits per heavy atom. The number of hydrogen-bond acceptors (Lipinski definition) is 3. The van der Waals surface area contributed by atoms with Crippen molar-refractivity contribution in [1.82, 2.24) is 0 Å². The smallest absolute Gasteiger partial charge is 0.372 e. The highest BCUT2D eigenvalue weighted by Crippen LogP contribution is 2.22. The number of carboxylic acid groups (broad SMARTS) is 1. The Morgan fingerprint density at radius 1 is 1.44 bits per heavy atom. The van der Waals surface area contributed by atoms with Crippen LogP contribution in [0.25, 0.3) is 0 Å². The van der Waals surface area contributed by atoms with Crippen molar-refractivity contribution in [2.45, 2.75) is 13.5 Å². The molecule has 0 atom stereocenters. The summed E-state index contributed by atoms with van der Waals surface area (Å²) in [4.78, 5) is 10.8. The van der Waals surface area contributed by atoms with E-state index in [2.05, 4.69) is 5.32 Å². The minimum Gasteiger partial charge on any atom is -0.475 e. The third-order valence-corrected chi connectivity index (χ3v) is 2.82. The van der Waals surface area contributed by atoms with Gasteiger partial charge in [-0.15, -0.1) is 0 Å². The molecule has 94 valence electrons. The van der Waals surface area contributed by atoms with Gasteiger partial charge in [0.25, 0.3) is 0 Å². The second kappa shape index (κ2) is 5.14. The van der Waals surface area contributed by atoms with Gasteiger partial charge in [0.1, 0.15) is 5.76 Å². The second-order valence-corrected chi connectivity index (χ2v) is 4.27. The molecule has 0 spiro atoms. The Hall–Kier alpha value is -1.94. The molecule has 4 nitrogen and oxygen atoms in total. The van der Waals surface area contributed by atoms with Crippen LogP contribution in [0.15, 0.2) is 34.7 Å². The fourth-order valence-corrected chi connectivity index (χ4v) is 1.84. The van der Waals surface area contributed by atoms with E-state index >= 15 is 0 Å². The molecule has 0 aliphatic carbocycles. The van der Waals surface area contributed by atoms with Crippen LogP contribution in [0.2, 0.25) is 5.02 Å². The molecule has 1 aromatic carbocycles. The van der Waals surface area contributed by atoms with Crippen LogP contribution < -0.4 is 5.32 Å². The van der Waals surface area contributed by atoms with Gasteiger partial charge in [0.15, 0.2) is 0 Å². The molecule has 1 heterocycles. The predicted molar refractivity (Wildman–Crippen MR) is 69.2 cm³/mol. The lowest BCUT2D eigenvalue weighted by Gasteiger charge is -2.05. The van der Waals surface area contributed by atoms with Crippen molar-refractivity contribution < 1.29 is 14.3 Å². The number of halogens is 1. The average Bonchev–Trinajstić information content (AvgIpc) is 2.70. The standard InChI is InChI=1S/C13H12ClNO3/c1-8-6-9(18-12(8)13(16)17)7-15-11-5-3-2-4-10(11)14/h2-6,15H,7H2,1H3,(H,16,17). The molecular weight excluding hydrogens is 254 g/mol. The fraction of sp³-hybridized carbons (Fsp3) is 0.154. The number of hydrogen-bond donors (Lipinski definition) is 2. The van der Waals surface area contributed by atoms with Gasteiger partial charge in [-0.3, -0.25) is 0 Å². The molecule has 5 heteroatoms. The van der Waals surface area contributed by atoms with Crippen LogP contribution in [-0.2, 0) is 6.54 Å². The molecule has 0 unspecified atom stereocenters. The zero-order valence-corrected chi connectivity index (χ0v) is 10.5. The predicted octanol–water partition coefficient (Wildman–Crippen LogP) is 3.55. The zero-order valence-electron chi connectivity index (χ0n) is 9.74. The number of anilines is 1. The quantitative estimate of drug-likeness (QED) is 0.887. The van der Waals surface area contributed by atoms with Crippen LogP contribution >= 0.6 is 11.6 Å². The number of carboxylic acids is 1. The third-order valence-electron chi connectivity index (χ3n) is 2.49. The minimum absolute atomic E-state index is 0.0223. The average molecular weight is 266 g/mol. The summed E-state index contributed by atoms with van der Waals surface area (Å²) in [6, 6.07) is 9.03. The van der Waals surface area contributed by atoms with E-state index < -0.39 is 5.97 Å². The van der Waals surface area contributed by atoms with Crippen LogP contribution in [0.1, 0.15) is 21.9 Å². The van der Waals surface area contributed by atoms with Gasteiger partial charge in [0.05, 0.1) is 17.3 Å². The van der Waals surface area contributed by atoms with Gasteiger partial charge < -0.3 is 14.8 Å². The molecule has 18 heavy (non-hydrogen) atoms. The van der Waals surface area contributed by atoms with Gasteiger partial charge in [0, 0.05) is 5.56 Å². The normalized spacial score (nSPS) is 10.3. The van der Waals surface area contributed by atoms with Gasteiger partial charge in [-0.1, -0.05) is 23.7 Å². The first-order valence-corrected chi connectivity index (χ1v) is 5.76. The van der Waals surface area contributed by atoms with E-state index in [1.807, 2.05) is 18.2 Å². The molecule has 0 fully saturated rings. The van der Waals surface area contributed by atoms with Gasteiger partial charge >= 0.3 is 5.97 Å². The van der Waals surface area contributed by atoms with Crippen molar-refractivity contribution in [2.24, 2.45) is 0 Å². The number of nitrogens with one attached hydrogen (secondary N) is 1. The maximum absolute atomic E-state index is 10.8. The van der Waals surface area contributed by atoms with Crippen molar-refractivity contribution in [1.29, 1.82) is 0 Å². The summed E-state index contributed by atoms with van der Waals surface area (Å²) in [6.07, 6.45) is 0. The number of para-hydroxylation sites is 1. The molecule has 0 radical (unpaired) electrons. The first-order valence-electron chi connectivity index (χ1n) is 5.39. The van der Waals surface area contributed by atoms with E-state index in [4.69, 9.17) is 21.1 Å². The summed E-state index contributed by atoms with van der Waals surface area (Å²) in [5.74, 6) is -0.521. The first kappa shape index (κ1) is 12.5. The molecule has 0 saturated carbocycles. The lowest BCUT2D eigenvalue weighted by atomic mass is 10.2. The SMILES string of the molecule is Cc1cc(CNc2ccccc2Cl)oc1C(=O)O. The molecule has 0 amide bonds. The number of carbonyl (C=O) groups is 1. The maximum Gasteiger partial charge on any atom is 0.372 e. The minimum atomic E-state index is -1.06. The molecule has 0 saturated heterocycles. The fourth-order valence-electron chi connectivity index (χ4n) is 1.63. The van der Waals surface area contributed by atoms with Gasteiger partial charge in [-0.05, 0) is 25.1 Å². The number of benzene rings is 1. The van der Waals surface area contributed by atoms with Crippen molar-refractivity contribution in [3.63, 3.8) is 0 Å². The topological polar surface area (TPSA) is 62.5 Å². The van der Waals surface area contributed by atoms with Gasteiger partial charge in [0.2, 0.25) is 5.76 Å². The Kier molecular flexibility index (Phi) is 3.58. The van der Waals surface area contributed by atoms with Crippen LogP contribution in [0.5, 0.6) is 0 Å². The second-order valence-electron chi connectivity index (χ2n) is 3.86. The van der Waals surface area contributed by atoms with E-state index in [1.165, 1.54) is 0 Å². The Morgan fingerprint density at radius 3 is 2.78 bits per heavy atom. The highest BCUT2D eigenvalue weighted by molar-refractivity contribution is 6.33. The Bertz CT molecular complexity index is 577. The molecule has 2 N–H and O–H groups in total. The maximum atomic E-state index is 10.8. The van der Waals surface area contributed by atoms with E-state index in [0.29, 0.717) is 22.9 Å². The van der Waals surface area contributed by atoms with Gasteiger partial charge in [-0.25, -0.2) is 4.79 Å². The van der Waals surface area contributed by atoms with E-state index in [0.717, 1.165) is 5.69 Å². The molecule has 2 rings (SSSR count). The van der Waals surface area contributed by atoms with Crippen LogP contribution in [0, 0.1) is 6.92 Å². The summed E-state index contributed by atoms with van der Waals surface area (Å²) < 4.78 is 5.23. The van der Waals surface area contributed by atoms with E-state index in [9.17, 15) is 4.79 Å². The lowest BCUT2D eigenvalue weighted by Crippen LogP contribution is -1.99. The molecule has 0 aliphatic rings. The molecule has 0 bridgehead atoms. The summed E-state index contributed by atoms with van der Waals surface area (Å²) >= 11 is 5.99. The van der Waals surface area contributed by atoms with Crippen molar-refractivity contribution in [2.75, 3.05) is 5.32 Å². The largest absolute Gasteiger partial charge is 0.475 e. The summed E-state index contributed by atoms with van der Waals surface area (Å²) in [5, 5.41) is 12.6. The Balaban J connectivity index is 2.09. The highest BCUT2D eigenvalue weighted by atomic mass is 35.5. The Labute approximate surface area is 109 Å². The first-order chi connectivity index (χ1) is 8.58. The summed E-state index contributed by atoms with van der Waals surface area (Å²) in [5.41, 5.74) is 1.39. The van der Waals surface area contributed by atoms with Crippen LogP contribution in [0.4, 0.5) is 5.69 Å². The zero-order chi connectivity index (χ0) is 13.1. The molecule has 1 aromatic heterocycles. The lowest BCUT2D eigenvalue weighted by molar-refractivity contribution is 0.0659. The van der Waals surface area contributed by atoms with E-state index in [1.54, 1.807) is 19.1 Å². The van der Waals surface area contributed by atoms with Gasteiger partial charge in [-0.2, -0.15) is 0 Å². The highest BCUT2D eigenvalue weighted by Gasteiger charge is 2.14. The van der Waals surface area contributed by atoms with Crippen LogP contribution in [0.3, 0.4) is 0 Å². The monoisotopic (exact) mass is 265 g/mol. The number of aromatic carboxylic acids is 1. The molecular formula is C13H12ClNO3. The molecule has 0 aliphatic heterocycles. The van der Waals surface area contributed by atoms with Crippen molar-refractivity contribution >= 4 is 23.3 Å². The third kappa shape index (κ3) is 2.65. The number of furan rings is 1. The summed E-state index contributed by atoms with van der Waals surface area (Å²) in [7, 11) is 0. The van der Waals surface area contributed by atoms with Crippen LogP contribution in [-0.4, -0.2) is 11.1 Å². The number of aryl methyl sites for hydroxylation is 1.